The number of H-pyrrole nitrogens is 1. The number of furan rings is 1. The fourth-order valence-electron chi connectivity index (χ4n) is 2.36. The molecule has 3 rings (SSSR count). The van der Waals surface area contributed by atoms with Gasteiger partial charge in [-0.1, -0.05) is 32.0 Å². The molecular weight excluding hydrogens is 428 g/mol. The minimum Gasteiger partial charge on any atom is -0.486 e. The standard InChI is InChI=1S/C19H19BrN4O4/c1-11(2)16-15(20)17(22-21-16)19(26)24-23-18(25)14-9-8-13(28-14)10-27-12-6-4-3-5-7-12/h3-9,11H,10H2,1-2H3,(H,21,22)(H,23,25)(H,24,26). The van der Waals surface area contributed by atoms with Gasteiger partial charge in [0.2, 0.25) is 0 Å². The number of ether oxygens (including phenoxy) is 1. The molecule has 1 aromatic carbocycles. The van der Waals surface area contributed by atoms with Gasteiger partial charge in [-0.15, -0.1) is 0 Å². The average molecular weight is 447 g/mol. The molecule has 0 saturated heterocycles. The van der Waals surface area contributed by atoms with E-state index in [-0.39, 0.29) is 24.0 Å². The lowest BCUT2D eigenvalue weighted by molar-refractivity contribution is 0.0825. The fourth-order valence-corrected chi connectivity index (χ4v) is 3.17. The molecule has 0 bridgehead atoms. The van der Waals surface area contributed by atoms with Crippen LogP contribution in [0.3, 0.4) is 0 Å². The number of nitrogens with one attached hydrogen (secondary N) is 3. The third-order valence-corrected chi connectivity index (χ3v) is 4.63. The smallest absolute Gasteiger partial charge is 0.305 e. The van der Waals surface area contributed by atoms with Crippen LogP contribution in [0.1, 0.15) is 52.3 Å². The van der Waals surface area contributed by atoms with Crippen molar-refractivity contribution in [3.8, 4) is 5.75 Å². The number of benzene rings is 1. The number of carbonyl (C=O) groups excluding carboxylic acids is 2. The first-order valence-corrected chi connectivity index (χ1v) is 9.36. The quantitative estimate of drug-likeness (QED) is 0.501. The minimum atomic E-state index is -0.588. The van der Waals surface area contributed by atoms with Crippen LogP contribution in [0.25, 0.3) is 0 Å². The number of para-hydroxylation sites is 1. The normalized spacial score (nSPS) is 10.7. The van der Waals surface area contributed by atoms with Crippen molar-refractivity contribution in [1.82, 2.24) is 21.0 Å². The Bertz CT molecular complexity index is 965. The predicted molar refractivity (Wildman–Crippen MR) is 105 cm³/mol. The number of halogens is 1. The van der Waals surface area contributed by atoms with Crippen molar-refractivity contribution < 1.29 is 18.7 Å². The number of rotatable bonds is 6. The number of hydrogen-bond donors (Lipinski definition) is 3. The Morgan fingerprint density at radius 2 is 1.86 bits per heavy atom. The van der Waals surface area contributed by atoms with Crippen LogP contribution < -0.4 is 15.6 Å². The Morgan fingerprint density at radius 3 is 2.54 bits per heavy atom. The molecule has 0 unspecified atom stereocenters. The van der Waals surface area contributed by atoms with Crippen LogP contribution in [0, 0.1) is 0 Å². The second-order valence-electron chi connectivity index (χ2n) is 6.23. The molecule has 0 aliphatic heterocycles. The zero-order valence-electron chi connectivity index (χ0n) is 15.3. The summed E-state index contributed by atoms with van der Waals surface area (Å²) in [5, 5.41) is 6.77. The number of nitrogens with zero attached hydrogens (tertiary/aromatic N) is 1. The molecule has 0 aliphatic rings. The van der Waals surface area contributed by atoms with Crippen LogP contribution >= 0.6 is 15.9 Å². The maximum Gasteiger partial charge on any atom is 0.305 e. The number of carbonyl (C=O) groups is 2. The lowest BCUT2D eigenvalue weighted by Crippen LogP contribution is -2.41. The Morgan fingerprint density at radius 1 is 1.14 bits per heavy atom. The summed E-state index contributed by atoms with van der Waals surface area (Å²) in [6.45, 7) is 4.12. The van der Waals surface area contributed by atoms with Gasteiger partial charge in [-0.25, -0.2) is 0 Å². The van der Waals surface area contributed by atoms with Crippen LogP contribution in [0.5, 0.6) is 5.75 Å². The van der Waals surface area contributed by atoms with Crippen LogP contribution in [0.4, 0.5) is 0 Å². The van der Waals surface area contributed by atoms with E-state index in [4.69, 9.17) is 9.15 Å². The number of hydrogen-bond acceptors (Lipinski definition) is 5. The van der Waals surface area contributed by atoms with E-state index in [1.54, 1.807) is 6.07 Å². The second-order valence-corrected chi connectivity index (χ2v) is 7.02. The first-order valence-electron chi connectivity index (χ1n) is 8.56. The first-order chi connectivity index (χ1) is 13.5. The van der Waals surface area contributed by atoms with Crippen LogP contribution in [0.15, 0.2) is 51.4 Å². The van der Waals surface area contributed by atoms with Gasteiger partial charge in [-0.3, -0.25) is 25.5 Å². The average Bonchev–Trinajstić information content (AvgIpc) is 3.32. The maximum absolute atomic E-state index is 12.2. The van der Waals surface area contributed by atoms with E-state index >= 15 is 0 Å². The first kappa shape index (κ1) is 19.7. The van der Waals surface area contributed by atoms with Gasteiger partial charge < -0.3 is 9.15 Å². The van der Waals surface area contributed by atoms with Gasteiger partial charge in [0, 0.05) is 0 Å². The zero-order valence-corrected chi connectivity index (χ0v) is 16.9. The molecule has 146 valence electrons. The van der Waals surface area contributed by atoms with Gasteiger partial charge in [0.15, 0.2) is 11.5 Å². The molecule has 0 fully saturated rings. The van der Waals surface area contributed by atoms with E-state index < -0.39 is 11.8 Å². The van der Waals surface area contributed by atoms with E-state index in [1.165, 1.54) is 6.07 Å². The number of aromatic amines is 1. The van der Waals surface area contributed by atoms with E-state index in [1.807, 2.05) is 44.2 Å². The van der Waals surface area contributed by atoms with Crippen molar-refractivity contribution >= 4 is 27.7 Å². The molecule has 0 atom stereocenters. The fraction of sp³-hybridized carbons (Fsp3) is 0.211. The summed E-state index contributed by atoms with van der Waals surface area (Å²) < 4.78 is 11.6. The van der Waals surface area contributed by atoms with Gasteiger partial charge in [0.25, 0.3) is 5.91 Å². The molecular formula is C19H19BrN4O4. The Hall–Kier alpha value is -3.07. The number of amides is 2. The largest absolute Gasteiger partial charge is 0.486 e. The highest BCUT2D eigenvalue weighted by atomic mass is 79.9. The molecule has 0 radical (unpaired) electrons. The molecule has 3 aromatic rings. The predicted octanol–water partition coefficient (Wildman–Crippen LogP) is 3.54. The van der Waals surface area contributed by atoms with E-state index in [0.717, 1.165) is 5.69 Å². The Kier molecular flexibility index (Phi) is 6.15. The molecule has 2 aromatic heterocycles. The van der Waals surface area contributed by atoms with Crippen LogP contribution in [-0.4, -0.2) is 22.0 Å². The van der Waals surface area contributed by atoms with Crippen molar-refractivity contribution in [3.63, 3.8) is 0 Å². The van der Waals surface area contributed by atoms with Gasteiger partial charge in [-0.2, -0.15) is 5.10 Å². The van der Waals surface area contributed by atoms with E-state index in [0.29, 0.717) is 16.0 Å². The van der Waals surface area contributed by atoms with E-state index in [2.05, 4.69) is 37.0 Å². The summed E-state index contributed by atoms with van der Waals surface area (Å²) in [7, 11) is 0. The molecule has 9 heteroatoms. The summed E-state index contributed by atoms with van der Waals surface area (Å²) in [4.78, 5) is 24.4. The molecule has 2 heterocycles. The molecule has 0 spiro atoms. The summed E-state index contributed by atoms with van der Waals surface area (Å²) in [6, 6.07) is 12.4. The topological polar surface area (TPSA) is 109 Å². The van der Waals surface area contributed by atoms with Gasteiger partial charge in [0.05, 0.1) is 10.2 Å². The van der Waals surface area contributed by atoms with Crippen molar-refractivity contribution in [1.29, 1.82) is 0 Å². The maximum atomic E-state index is 12.2. The van der Waals surface area contributed by atoms with Crippen LogP contribution in [0.2, 0.25) is 0 Å². The molecule has 0 saturated carbocycles. The monoisotopic (exact) mass is 446 g/mol. The summed E-state index contributed by atoms with van der Waals surface area (Å²) in [5.74, 6) is 0.255. The Labute approximate surface area is 169 Å². The third kappa shape index (κ3) is 4.61. The summed E-state index contributed by atoms with van der Waals surface area (Å²) >= 11 is 3.34. The lowest BCUT2D eigenvalue weighted by Gasteiger charge is -2.05. The molecule has 28 heavy (non-hydrogen) atoms. The minimum absolute atomic E-state index is 0.0518. The van der Waals surface area contributed by atoms with Gasteiger partial charge in [-0.05, 0) is 46.1 Å². The second kappa shape index (κ2) is 8.75. The Balaban J connectivity index is 1.54. The van der Waals surface area contributed by atoms with Crippen molar-refractivity contribution in [2.24, 2.45) is 0 Å². The lowest BCUT2D eigenvalue weighted by atomic mass is 10.1. The molecule has 3 N–H and O–H groups in total. The number of hydrazine groups is 1. The zero-order chi connectivity index (χ0) is 20.1. The summed E-state index contributed by atoms with van der Waals surface area (Å²) in [5.41, 5.74) is 5.57. The highest BCUT2D eigenvalue weighted by molar-refractivity contribution is 9.10. The van der Waals surface area contributed by atoms with Crippen LogP contribution in [-0.2, 0) is 6.61 Å². The van der Waals surface area contributed by atoms with Gasteiger partial charge in [0.1, 0.15) is 18.1 Å². The van der Waals surface area contributed by atoms with Crippen molar-refractivity contribution in [2.75, 3.05) is 0 Å². The summed E-state index contributed by atoms with van der Waals surface area (Å²) in [6.07, 6.45) is 0. The van der Waals surface area contributed by atoms with Crippen molar-refractivity contribution in [2.45, 2.75) is 26.4 Å². The third-order valence-electron chi connectivity index (χ3n) is 3.82. The molecule has 2 amide bonds. The highest BCUT2D eigenvalue weighted by Gasteiger charge is 2.20. The SMILES string of the molecule is CC(C)c1[nH]nc(C(=O)NNC(=O)c2ccc(COc3ccccc3)o2)c1Br. The molecule has 8 nitrogen and oxygen atoms in total. The number of aromatic nitrogens is 2. The van der Waals surface area contributed by atoms with Gasteiger partial charge >= 0.3 is 5.91 Å². The highest BCUT2D eigenvalue weighted by Crippen LogP contribution is 2.25. The van der Waals surface area contributed by atoms with Crippen molar-refractivity contribution in [3.05, 3.63) is 69.8 Å². The van der Waals surface area contributed by atoms with E-state index in [9.17, 15) is 9.59 Å². The molecule has 0 aliphatic carbocycles.